The second kappa shape index (κ2) is 11.1. The third-order valence-electron chi connectivity index (χ3n) is 9.82. The highest BCUT2D eigenvalue weighted by atomic mass is 35.5. The number of aryl methyl sites for hydroxylation is 2. The first-order valence-corrected chi connectivity index (χ1v) is 16.2. The fourth-order valence-corrected chi connectivity index (χ4v) is 9.89. The molecule has 2 atom stereocenters. The number of aliphatic hydroxyl groups is 1. The first-order valence-electron chi connectivity index (χ1n) is 14.3. The molecule has 2 fully saturated rings. The monoisotopic (exact) mass is 699 g/mol. The summed E-state index contributed by atoms with van der Waals surface area (Å²) in [6.07, 6.45) is -14.2. The van der Waals surface area contributed by atoms with Crippen molar-refractivity contribution >= 4 is 33.3 Å². The van der Waals surface area contributed by atoms with Crippen molar-refractivity contribution in [2.24, 2.45) is 5.92 Å². The maximum absolute atomic E-state index is 15.0. The quantitative estimate of drug-likeness (QED) is 0.362. The van der Waals surface area contributed by atoms with E-state index in [0.29, 0.717) is 11.6 Å². The van der Waals surface area contributed by atoms with E-state index in [2.05, 4.69) is 0 Å². The lowest BCUT2D eigenvalue weighted by Gasteiger charge is -2.45. The van der Waals surface area contributed by atoms with Crippen LogP contribution in [0, 0.1) is 12.8 Å². The van der Waals surface area contributed by atoms with Crippen molar-refractivity contribution in [3.05, 3.63) is 63.7 Å². The van der Waals surface area contributed by atoms with Crippen LogP contribution in [0.3, 0.4) is 0 Å². The maximum atomic E-state index is 15.0. The Labute approximate surface area is 264 Å². The number of nitrogens with zero attached hydrogens (tertiary/aromatic N) is 1. The fourth-order valence-electron chi connectivity index (χ4n) is 7.25. The lowest BCUT2D eigenvalue weighted by atomic mass is 9.75. The SMILES string of the molecule is Cc1ccc(S(=O)(=O)C23CCN(C(=O)[C@]4(O)CC[C@@H](C(=O)O)CC4)C2CCc2cc(C(F)(C(F)(F)F)C(F)(F)F)ccc23)cc1Cl. The minimum Gasteiger partial charge on any atom is -0.481 e. The van der Waals surface area contributed by atoms with Crippen LogP contribution in [0.15, 0.2) is 41.3 Å². The Kier molecular flexibility index (Phi) is 8.29. The summed E-state index contributed by atoms with van der Waals surface area (Å²) in [7, 11) is -4.63. The Balaban J connectivity index is 1.66. The Bertz CT molecular complexity index is 1670. The highest BCUT2D eigenvalue weighted by Gasteiger charge is 2.74. The summed E-state index contributed by atoms with van der Waals surface area (Å²) in [6, 6.07) is 3.99. The number of halogens is 8. The Morgan fingerprint density at radius 1 is 0.935 bits per heavy atom. The number of carboxylic acid groups (broad SMARTS) is 1. The predicted octanol–water partition coefficient (Wildman–Crippen LogP) is 6.16. The zero-order valence-corrected chi connectivity index (χ0v) is 25.8. The van der Waals surface area contributed by atoms with Crippen LogP contribution in [0.2, 0.25) is 5.02 Å². The largest absolute Gasteiger partial charge is 0.481 e. The van der Waals surface area contributed by atoms with E-state index < -0.39 is 67.6 Å². The van der Waals surface area contributed by atoms with Gasteiger partial charge < -0.3 is 15.1 Å². The molecule has 2 N–H and O–H groups in total. The number of carbonyl (C=O) groups is 2. The third kappa shape index (κ3) is 4.99. The normalized spacial score (nSPS) is 27.2. The van der Waals surface area contributed by atoms with Crippen molar-refractivity contribution in [2.75, 3.05) is 6.54 Å². The lowest BCUT2D eigenvalue weighted by molar-refractivity contribution is -0.348. The van der Waals surface area contributed by atoms with Gasteiger partial charge in [-0.3, -0.25) is 9.59 Å². The summed E-state index contributed by atoms with van der Waals surface area (Å²) in [5.74, 6) is -2.73. The summed E-state index contributed by atoms with van der Waals surface area (Å²) in [5.41, 5.74) is -9.45. The van der Waals surface area contributed by atoms with Crippen molar-refractivity contribution < 1.29 is 59.0 Å². The van der Waals surface area contributed by atoms with E-state index in [1.165, 1.54) is 12.1 Å². The van der Waals surface area contributed by atoms with Gasteiger partial charge in [0, 0.05) is 17.1 Å². The van der Waals surface area contributed by atoms with Crippen molar-refractivity contribution in [3.8, 4) is 0 Å². The zero-order chi connectivity index (χ0) is 34.3. The zero-order valence-electron chi connectivity index (χ0n) is 24.2. The average molecular weight is 700 g/mol. The van der Waals surface area contributed by atoms with E-state index in [4.69, 9.17) is 11.6 Å². The van der Waals surface area contributed by atoms with Crippen LogP contribution in [0.25, 0.3) is 0 Å². The second-order valence-electron chi connectivity index (χ2n) is 12.3. The Hall–Kier alpha value is -2.91. The smallest absolute Gasteiger partial charge is 0.435 e. The molecule has 1 saturated heterocycles. The molecule has 7 nitrogen and oxygen atoms in total. The van der Waals surface area contributed by atoms with E-state index in [1.54, 1.807) is 6.92 Å². The molecule has 0 spiro atoms. The van der Waals surface area contributed by atoms with E-state index in [1.807, 2.05) is 0 Å². The summed E-state index contributed by atoms with van der Waals surface area (Å²) in [6.45, 7) is 1.35. The third-order valence-corrected chi connectivity index (χ3v) is 12.8. The molecular weight excluding hydrogens is 671 g/mol. The van der Waals surface area contributed by atoms with Crippen molar-refractivity contribution in [1.29, 1.82) is 0 Å². The van der Waals surface area contributed by atoms with Crippen molar-refractivity contribution in [2.45, 2.75) is 91.2 Å². The van der Waals surface area contributed by atoms with Gasteiger partial charge in [0.2, 0.25) is 0 Å². The second-order valence-corrected chi connectivity index (χ2v) is 14.9. The van der Waals surface area contributed by atoms with E-state index in [-0.39, 0.29) is 78.6 Å². The number of amides is 1. The molecule has 0 radical (unpaired) electrons. The van der Waals surface area contributed by atoms with Gasteiger partial charge >= 0.3 is 24.0 Å². The van der Waals surface area contributed by atoms with Crippen LogP contribution in [-0.2, 0) is 36.3 Å². The molecule has 2 aromatic rings. The number of hydrogen-bond acceptors (Lipinski definition) is 5. The first-order chi connectivity index (χ1) is 21.1. The van der Waals surface area contributed by atoms with Crippen molar-refractivity contribution in [1.82, 2.24) is 4.90 Å². The van der Waals surface area contributed by atoms with Gasteiger partial charge in [-0.15, -0.1) is 0 Å². The molecule has 252 valence electrons. The molecular formula is C30H29ClF7NO6S. The van der Waals surface area contributed by atoms with Gasteiger partial charge in [0.05, 0.1) is 16.9 Å². The Morgan fingerprint density at radius 3 is 2.09 bits per heavy atom. The molecule has 1 saturated carbocycles. The number of alkyl halides is 7. The number of likely N-dealkylation sites (tertiary alicyclic amines) is 1. The maximum Gasteiger partial charge on any atom is 0.435 e. The van der Waals surface area contributed by atoms with E-state index in [9.17, 15) is 54.6 Å². The number of carbonyl (C=O) groups excluding carboxylic acids is 1. The lowest BCUT2D eigenvalue weighted by Crippen LogP contribution is -2.57. The van der Waals surface area contributed by atoms with Gasteiger partial charge in [-0.05, 0) is 80.7 Å². The van der Waals surface area contributed by atoms with Crippen LogP contribution in [0.1, 0.15) is 60.8 Å². The molecule has 1 aliphatic heterocycles. The molecule has 1 heterocycles. The van der Waals surface area contributed by atoms with Gasteiger partial charge in [-0.2, -0.15) is 26.3 Å². The first kappa shape index (κ1) is 34.4. The Morgan fingerprint density at radius 2 is 1.54 bits per heavy atom. The summed E-state index contributed by atoms with van der Waals surface area (Å²) in [5, 5.41) is 20.7. The topological polar surface area (TPSA) is 112 Å². The van der Waals surface area contributed by atoms with Crippen LogP contribution in [0.5, 0.6) is 0 Å². The molecule has 1 amide bonds. The van der Waals surface area contributed by atoms with E-state index in [0.717, 1.165) is 17.0 Å². The van der Waals surface area contributed by atoms with E-state index >= 15 is 4.39 Å². The minimum atomic E-state index is -6.38. The molecule has 0 bridgehead atoms. The van der Waals surface area contributed by atoms with Crippen LogP contribution >= 0.6 is 11.6 Å². The summed E-state index contributed by atoms with van der Waals surface area (Å²) >= 11 is 6.23. The molecule has 3 aliphatic rings. The van der Waals surface area contributed by atoms with Crippen LogP contribution in [0.4, 0.5) is 30.7 Å². The number of rotatable bonds is 5. The molecule has 2 aromatic carbocycles. The average Bonchev–Trinajstić information content (AvgIpc) is 3.38. The van der Waals surface area contributed by atoms with Crippen LogP contribution < -0.4 is 0 Å². The minimum absolute atomic E-state index is 0.0175. The van der Waals surface area contributed by atoms with Gasteiger partial charge in [0.1, 0.15) is 10.3 Å². The van der Waals surface area contributed by atoms with Crippen molar-refractivity contribution in [3.63, 3.8) is 0 Å². The fraction of sp³-hybridized carbons (Fsp3) is 0.533. The molecule has 16 heteroatoms. The molecule has 5 rings (SSSR count). The van der Waals surface area contributed by atoms with Crippen LogP contribution in [-0.4, -0.2) is 65.9 Å². The molecule has 46 heavy (non-hydrogen) atoms. The van der Waals surface area contributed by atoms with Gasteiger partial charge in [-0.25, -0.2) is 12.8 Å². The molecule has 2 aliphatic carbocycles. The number of aliphatic carboxylic acids is 1. The highest BCUT2D eigenvalue weighted by Crippen LogP contribution is 2.57. The number of sulfone groups is 1. The summed E-state index contributed by atoms with van der Waals surface area (Å²) < 4.78 is 124. The highest BCUT2D eigenvalue weighted by molar-refractivity contribution is 7.92. The van der Waals surface area contributed by atoms with Gasteiger partial charge in [0.25, 0.3) is 5.91 Å². The standard InChI is InChI=1S/C30H29ClF7NO6S/c1-16-2-5-20(15-22(16)31)46(44,45)27-12-13-39(25(42)26(43)10-8-17(9-11-26)24(40)41)23(27)7-3-18-14-19(4-6-21(18)27)28(32,29(33,34)35)30(36,37)38/h2,4-6,14-15,17,23,43H,3,7-13H2,1H3,(H,40,41)/t17-,23?,26+,27?. The van der Waals surface area contributed by atoms with Gasteiger partial charge in [0.15, 0.2) is 9.84 Å². The molecule has 2 unspecified atom stereocenters. The number of carboxylic acids is 1. The number of benzene rings is 2. The number of hydrogen-bond donors (Lipinski definition) is 2. The summed E-state index contributed by atoms with van der Waals surface area (Å²) in [4.78, 5) is 26.2. The number of fused-ring (bicyclic) bond motifs is 3. The molecule has 0 aromatic heterocycles. The van der Waals surface area contributed by atoms with Gasteiger partial charge in [-0.1, -0.05) is 35.9 Å². The predicted molar refractivity (Wildman–Crippen MR) is 149 cm³/mol.